The van der Waals surface area contributed by atoms with Gasteiger partial charge in [-0.2, -0.15) is 13.2 Å². The van der Waals surface area contributed by atoms with E-state index in [2.05, 4.69) is 0 Å². The first-order valence-electron chi connectivity index (χ1n) is 7.46. The Morgan fingerprint density at radius 1 is 1.12 bits per heavy atom. The van der Waals surface area contributed by atoms with Crippen molar-refractivity contribution in [1.29, 1.82) is 0 Å². The highest BCUT2D eigenvalue weighted by molar-refractivity contribution is 6.39. The van der Waals surface area contributed by atoms with E-state index in [1.54, 1.807) is 0 Å². The van der Waals surface area contributed by atoms with Crippen molar-refractivity contribution in [2.45, 2.75) is 25.1 Å². The molecule has 0 fully saturated rings. The quantitative estimate of drug-likeness (QED) is 0.686. The number of halogens is 6. The van der Waals surface area contributed by atoms with Crippen LogP contribution in [0.5, 0.6) is 5.75 Å². The van der Waals surface area contributed by atoms with Crippen LogP contribution in [0.3, 0.4) is 0 Å². The summed E-state index contributed by atoms with van der Waals surface area (Å²) in [5.41, 5.74) is 5.58. The molecule has 134 valence electrons. The molecule has 8 heteroatoms. The van der Waals surface area contributed by atoms with Crippen molar-refractivity contribution in [3.05, 3.63) is 51.3 Å². The van der Waals surface area contributed by atoms with Gasteiger partial charge in [0.1, 0.15) is 17.7 Å². The maximum atomic E-state index is 14.0. The highest BCUT2D eigenvalue weighted by Gasteiger charge is 2.33. The predicted octanol–water partition coefficient (Wildman–Crippen LogP) is 5.47. The molecule has 0 spiro atoms. The number of fused-ring (bicyclic) bond motifs is 1. The molecular weight excluding hydrogens is 381 g/mol. The average molecular weight is 394 g/mol. The Kier molecular flexibility index (Phi) is 4.88. The monoisotopic (exact) mass is 393 g/mol. The summed E-state index contributed by atoms with van der Waals surface area (Å²) in [7, 11) is 0. The number of benzene rings is 2. The molecule has 3 rings (SSSR count). The first-order chi connectivity index (χ1) is 11.7. The minimum atomic E-state index is -4.59. The zero-order valence-corrected chi connectivity index (χ0v) is 14.3. The maximum Gasteiger partial charge on any atom is 0.416 e. The lowest BCUT2D eigenvalue weighted by atomic mass is 9.94. The SMILES string of the molecule is NC[C@H]1CCc2cc(F)cc(-c3c(Cl)cc(C(F)(F)F)cc3Cl)c2O1. The van der Waals surface area contributed by atoms with Crippen LogP contribution in [-0.4, -0.2) is 12.6 Å². The third kappa shape index (κ3) is 3.57. The van der Waals surface area contributed by atoms with Gasteiger partial charge in [-0.1, -0.05) is 23.2 Å². The van der Waals surface area contributed by atoms with Gasteiger partial charge in [0, 0.05) is 17.7 Å². The fourth-order valence-electron chi connectivity index (χ4n) is 2.86. The van der Waals surface area contributed by atoms with E-state index in [1.165, 1.54) is 6.07 Å². The van der Waals surface area contributed by atoms with Crippen molar-refractivity contribution in [3.8, 4) is 16.9 Å². The van der Waals surface area contributed by atoms with Crippen molar-refractivity contribution in [1.82, 2.24) is 0 Å². The third-order valence-electron chi connectivity index (χ3n) is 4.05. The molecule has 0 aliphatic carbocycles. The van der Waals surface area contributed by atoms with Gasteiger partial charge in [-0.3, -0.25) is 0 Å². The highest BCUT2D eigenvalue weighted by Crippen LogP contribution is 2.46. The molecule has 1 aliphatic heterocycles. The first-order valence-corrected chi connectivity index (χ1v) is 8.22. The zero-order valence-electron chi connectivity index (χ0n) is 12.8. The second kappa shape index (κ2) is 6.67. The minimum Gasteiger partial charge on any atom is -0.488 e. The summed E-state index contributed by atoms with van der Waals surface area (Å²) in [6.07, 6.45) is -3.68. The summed E-state index contributed by atoms with van der Waals surface area (Å²) < 4.78 is 58.5. The smallest absolute Gasteiger partial charge is 0.416 e. The fourth-order valence-corrected chi connectivity index (χ4v) is 3.55. The Hall–Kier alpha value is -1.50. The second-order valence-electron chi connectivity index (χ2n) is 5.77. The van der Waals surface area contributed by atoms with Crippen molar-refractivity contribution in [3.63, 3.8) is 0 Å². The summed E-state index contributed by atoms with van der Waals surface area (Å²) in [6, 6.07) is 4.02. The molecule has 0 aromatic heterocycles. The molecule has 0 saturated carbocycles. The largest absolute Gasteiger partial charge is 0.488 e. The van der Waals surface area contributed by atoms with E-state index in [4.69, 9.17) is 33.7 Å². The second-order valence-corrected chi connectivity index (χ2v) is 6.58. The first kappa shape index (κ1) is 18.3. The zero-order chi connectivity index (χ0) is 18.4. The van der Waals surface area contributed by atoms with Crippen LogP contribution in [0.15, 0.2) is 24.3 Å². The van der Waals surface area contributed by atoms with E-state index in [1.807, 2.05) is 0 Å². The third-order valence-corrected chi connectivity index (χ3v) is 4.65. The van der Waals surface area contributed by atoms with E-state index in [0.717, 1.165) is 18.2 Å². The van der Waals surface area contributed by atoms with Gasteiger partial charge in [-0.25, -0.2) is 4.39 Å². The van der Waals surface area contributed by atoms with Gasteiger partial charge in [-0.15, -0.1) is 0 Å². The Morgan fingerprint density at radius 3 is 2.32 bits per heavy atom. The Balaban J connectivity index is 2.19. The molecule has 0 saturated heterocycles. The number of nitrogens with two attached hydrogens (primary N) is 1. The van der Waals surface area contributed by atoms with E-state index < -0.39 is 17.6 Å². The lowest BCUT2D eigenvalue weighted by Gasteiger charge is -2.28. The van der Waals surface area contributed by atoms with Crippen LogP contribution in [0, 0.1) is 5.82 Å². The molecule has 0 unspecified atom stereocenters. The van der Waals surface area contributed by atoms with E-state index >= 15 is 0 Å². The van der Waals surface area contributed by atoms with E-state index in [-0.39, 0.29) is 33.8 Å². The molecule has 2 aromatic rings. The van der Waals surface area contributed by atoms with Gasteiger partial charge in [0.2, 0.25) is 0 Å². The molecule has 0 radical (unpaired) electrons. The van der Waals surface area contributed by atoms with Crippen molar-refractivity contribution < 1.29 is 22.3 Å². The van der Waals surface area contributed by atoms with Gasteiger partial charge >= 0.3 is 6.18 Å². The standard InChI is InChI=1S/C17H13Cl2F4NO/c18-13-4-9(17(21,22)23)5-14(19)15(13)12-6-10(20)3-8-1-2-11(7-24)25-16(8)12/h3-6,11H,1-2,7,24H2/t11-/m1/s1. The molecule has 25 heavy (non-hydrogen) atoms. The summed E-state index contributed by atoms with van der Waals surface area (Å²) in [5.74, 6) is -0.192. The molecule has 1 aliphatic rings. The van der Waals surface area contributed by atoms with Gasteiger partial charge in [0.25, 0.3) is 0 Å². The number of hydrogen-bond acceptors (Lipinski definition) is 2. The Morgan fingerprint density at radius 2 is 1.76 bits per heavy atom. The lowest BCUT2D eigenvalue weighted by molar-refractivity contribution is -0.137. The molecular formula is C17H13Cl2F4NO. The summed E-state index contributed by atoms with van der Waals surface area (Å²) >= 11 is 12.1. The minimum absolute atomic E-state index is 0.102. The number of aryl methyl sites for hydroxylation is 1. The Labute approximate surface area is 151 Å². The van der Waals surface area contributed by atoms with Crippen LogP contribution in [0.2, 0.25) is 10.0 Å². The van der Waals surface area contributed by atoms with Gasteiger partial charge in [0.05, 0.1) is 15.6 Å². The topological polar surface area (TPSA) is 35.2 Å². The Bertz CT molecular complexity index is 800. The van der Waals surface area contributed by atoms with Crippen LogP contribution in [0.4, 0.5) is 17.6 Å². The van der Waals surface area contributed by atoms with E-state index in [9.17, 15) is 17.6 Å². The summed E-state index contributed by atoms with van der Waals surface area (Å²) in [4.78, 5) is 0. The summed E-state index contributed by atoms with van der Waals surface area (Å²) in [6.45, 7) is 0.269. The number of rotatable bonds is 2. The fraction of sp³-hybridized carbons (Fsp3) is 0.294. The van der Waals surface area contributed by atoms with Crippen molar-refractivity contribution in [2.75, 3.05) is 6.54 Å². The van der Waals surface area contributed by atoms with Crippen molar-refractivity contribution >= 4 is 23.2 Å². The molecule has 0 amide bonds. The molecule has 2 N–H and O–H groups in total. The highest BCUT2D eigenvalue weighted by atomic mass is 35.5. The number of alkyl halides is 3. The molecule has 1 atom stereocenters. The summed E-state index contributed by atoms with van der Waals surface area (Å²) in [5, 5.41) is -0.461. The molecule has 2 aromatic carbocycles. The van der Waals surface area contributed by atoms with E-state index in [0.29, 0.717) is 24.2 Å². The molecule has 2 nitrogen and oxygen atoms in total. The normalized spacial score (nSPS) is 17.2. The molecule has 1 heterocycles. The van der Waals surface area contributed by atoms with Gasteiger partial charge in [-0.05, 0) is 42.7 Å². The van der Waals surface area contributed by atoms with Crippen LogP contribution in [0.25, 0.3) is 11.1 Å². The predicted molar refractivity (Wildman–Crippen MR) is 88.6 cm³/mol. The average Bonchev–Trinajstić information content (AvgIpc) is 2.52. The number of ether oxygens (including phenoxy) is 1. The lowest BCUT2D eigenvalue weighted by Crippen LogP contribution is -2.30. The van der Waals surface area contributed by atoms with Crippen LogP contribution < -0.4 is 10.5 Å². The van der Waals surface area contributed by atoms with Crippen LogP contribution in [0.1, 0.15) is 17.5 Å². The van der Waals surface area contributed by atoms with Crippen molar-refractivity contribution in [2.24, 2.45) is 5.73 Å². The molecule has 0 bridgehead atoms. The van der Waals surface area contributed by atoms with Gasteiger partial charge in [0.15, 0.2) is 0 Å². The van der Waals surface area contributed by atoms with Crippen LogP contribution in [-0.2, 0) is 12.6 Å². The maximum absolute atomic E-state index is 14.0. The number of hydrogen-bond donors (Lipinski definition) is 1. The van der Waals surface area contributed by atoms with Gasteiger partial charge < -0.3 is 10.5 Å². The van der Waals surface area contributed by atoms with Crippen LogP contribution >= 0.6 is 23.2 Å².